The summed E-state index contributed by atoms with van der Waals surface area (Å²) >= 11 is 5.98. The Labute approximate surface area is 128 Å². The molecular formula is C17H27ClFN. The highest BCUT2D eigenvalue weighted by Crippen LogP contribution is 2.25. The van der Waals surface area contributed by atoms with Crippen molar-refractivity contribution in [2.24, 2.45) is 11.8 Å². The van der Waals surface area contributed by atoms with Crippen LogP contribution in [0.25, 0.3) is 0 Å². The van der Waals surface area contributed by atoms with Crippen LogP contribution in [0.4, 0.5) is 10.1 Å². The molecule has 0 spiro atoms. The summed E-state index contributed by atoms with van der Waals surface area (Å²) in [5.41, 5.74) is 1.97. The van der Waals surface area contributed by atoms with Crippen molar-refractivity contribution in [3.63, 3.8) is 0 Å². The first-order chi connectivity index (χ1) is 9.43. The molecular weight excluding hydrogens is 273 g/mol. The standard InChI is InChI=1S/C17H27ClFN/c1-13(2)7-9-20(10-8-14(3)4)17-6-5-16(19)11-15(17)12-18/h5-6,11,13-14H,7-10,12H2,1-4H3. The highest BCUT2D eigenvalue weighted by molar-refractivity contribution is 6.17. The third-order valence-corrected chi connectivity index (χ3v) is 3.77. The Balaban J connectivity index is 2.89. The monoisotopic (exact) mass is 299 g/mol. The lowest BCUT2D eigenvalue weighted by atomic mass is 10.1. The van der Waals surface area contributed by atoms with Gasteiger partial charge >= 0.3 is 0 Å². The summed E-state index contributed by atoms with van der Waals surface area (Å²) in [5.74, 6) is 1.47. The second-order valence-corrected chi connectivity index (χ2v) is 6.53. The van der Waals surface area contributed by atoms with E-state index in [2.05, 4.69) is 32.6 Å². The molecule has 0 unspecified atom stereocenters. The molecule has 0 atom stereocenters. The smallest absolute Gasteiger partial charge is 0.123 e. The molecule has 1 aromatic rings. The zero-order valence-corrected chi connectivity index (χ0v) is 13.9. The van der Waals surface area contributed by atoms with E-state index in [0.29, 0.717) is 17.7 Å². The van der Waals surface area contributed by atoms with Gasteiger partial charge in [-0.15, -0.1) is 11.6 Å². The van der Waals surface area contributed by atoms with Gasteiger partial charge in [0.25, 0.3) is 0 Å². The summed E-state index contributed by atoms with van der Waals surface area (Å²) < 4.78 is 13.3. The topological polar surface area (TPSA) is 3.24 Å². The molecule has 0 N–H and O–H groups in total. The highest BCUT2D eigenvalue weighted by atomic mass is 35.5. The minimum Gasteiger partial charge on any atom is -0.371 e. The third kappa shape index (κ3) is 5.70. The van der Waals surface area contributed by atoms with Gasteiger partial charge < -0.3 is 4.90 Å². The van der Waals surface area contributed by atoms with Crippen molar-refractivity contribution in [1.29, 1.82) is 0 Å². The summed E-state index contributed by atoms with van der Waals surface area (Å²) in [5, 5.41) is 0. The maximum atomic E-state index is 13.3. The van der Waals surface area contributed by atoms with Gasteiger partial charge in [0.05, 0.1) is 0 Å². The predicted molar refractivity (Wildman–Crippen MR) is 87.1 cm³/mol. The number of hydrogen-bond donors (Lipinski definition) is 0. The number of hydrogen-bond acceptors (Lipinski definition) is 1. The van der Waals surface area contributed by atoms with Gasteiger partial charge in [0.15, 0.2) is 0 Å². The summed E-state index contributed by atoms with van der Waals surface area (Å²) in [6, 6.07) is 4.96. The van der Waals surface area contributed by atoms with Crippen molar-refractivity contribution in [2.75, 3.05) is 18.0 Å². The molecule has 1 nitrogen and oxygen atoms in total. The Morgan fingerprint density at radius 1 is 1.05 bits per heavy atom. The lowest BCUT2D eigenvalue weighted by molar-refractivity contribution is 0.534. The fraction of sp³-hybridized carbons (Fsp3) is 0.647. The number of halogens is 2. The van der Waals surface area contributed by atoms with E-state index in [4.69, 9.17) is 11.6 Å². The maximum Gasteiger partial charge on any atom is 0.123 e. The zero-order chi connectivity index (χ0) is 15.1. The number of alkyl halides is 1. The normalized spacial score (nSPS) is 11.4. The van der Waals surface area contributed by atoms with Crippen molar-refractivity contribution in [3.8, 4) is 0 Å². The fourth-order valence-electron chi connectivity index (χ4n) is 2.15. The van der Waals surface area contributed by atoms with Crippen molar-refractivity contribution in [1.82, 2.24) is 0 Å². The molecule has 0 fully saturated rings. The van der Waals surface area contributed by atoms with Gasteiger partial charge in [-0.2, -0.15) is 0 Å². The van der Waals surface area contributed by atoms with Crippen LogP contribution in [0, 0.1) is 17.7 Å². The first kappa shape index (κ1) is 17.3. The van der Waals surface area contributed by atoms with E-state index in [-0.39, 0.29) is 5.82 Å². The largest absolute Gasteiger partial charge is 0.371 e. The zero-order valence-electron chi connectivity index (χ0n) is 13.1. The number of rotatable bonds is 8. The van der Waals surface area contributed by atoms with Crippen LogP contribution >= 0.6 is 11.6 Å². The molecule has 3 heteroatoms. The molecule has 0 amide bonds. The van der Waals surface area contributed by atoms with Crippen LogP contribution in [0.5, 0.6) is 0 Å². The Bertz CT molecular complexity index is 392. The average molecular weight is 300 g/mol. The number of anilines is 1. The van der Waals surface area contributed by atoms with Crippen LogP contribution in [0.3, 0.4) is 0 Å². The van der Waals surface area contributed by atoms with E-state index < -0.39 is 0 Å². The maximum absolute atomic E-state index is 13.3. The van der Waals surface area contributed by atoms with E-state index >= 15 is 0 Å². The van der Waals surface area contributed by atoms with Crippen molar-refractivity contribution < 1.29 is 4.39 Å². The lowest BCUT2D eigenvalue weighted by Crippen LogP contribution is -2.28. The first-order valence-corrected chi connectivity index (χ1v) is 8.06. The van der Waals surface area contributed by atoms with Crippen LogP contribution in [0.1, 0.15) is 46.1 Å². The van der Waals surface area contributed by atoms with Crippen molar-refractivity contribution in [2.45, 2.75) is 46.4 Å². The van der Waals surface area contributed by atoms with Gasteiger partial charge in [-0.1, -0.05) is 27.7 Å². The van der Waals surface area contributed by atoms with Gasteiger partial charge in [0.2, 0.25) is 0 Å². The summed E-state index contributed by atoms with van der Waals surface area (Å²) in [4.78, 5) is 2.36. The van der Waals surface area contributed by atoms with E-state index in [1.165, 1.54) is 6.07 Å². The van der Waals surface area contributed by atoms with Crippen LogP contribution in [0.15, 0.2) is 18.2 Å². The van der Waals surface area contributed by atoms with Gasteiger partial charge in [0.1, 0.15) is 5.82 Å². The molecule has 0 aliphatic carbocycles. The average Bonchev–Trinajstić information content (AvgIpc) is 2.38. The highest BCUT2D eigenvalue weighted by Gasteiger charge is 2.13. The van der Waals surface area contributed by atoms with E-state index in [1.54, 1.807) is 6.07 Å². The Morgan fingerprint density at radius 2 is 1.60 bits per heavy atom. The van der Waals surface area contributed by atoms with E-state index in [9.17, 15) is 4.39 Å². The molecule has 0 aliphatic rings. The fourth-order valence-corrected chi connectivity index (χ4v) is 2.36. The van der Waals surface area contributed by atoms with E-state index in [1.807, 2.05) is 6.07 Å². The first-order valence-electron chi connectivity index (χ1n) is 7.53. The Morgan fingerprint density at radius 3 is 2.05 bits per heavy atom. The molecule has 0 aromatic heterocycles. The van der Waals surface area contributed by atoms with Gasteiger partial charge in [0, 0.05) is 24.7 Å². The second-order valence-electron chi connectivity index (χ2n) is 6.26. The van der Waals surface area contributed by atoms with Crippen LogP contribution in [-0.4, -0.2) is 13.1 Å². The third-order valence-electron chi connectivity index (χ3n) is 3.48. The second kappa shape index (κ2) is 8.51. The van der Waals surface area contributed by atoms with Gasteiger partial charge in [-0.25, -0.2) is 4.39 Å². The van der Waals surface area contributed by atoms with Crippen LogP contribution in [0.2, 0.25) is 0 Å². The Hall–Kier alpha value is -0.760. The molecule has 0 aliphatic heterocycles. The molecule has 20 heavy (non-hydrogen) atoms. The van der Waals surface area contributed by atoms with E-state index in [0.717, 1.165) is 37.2 Å². The van der Waals surface area contributed by atoms with Gasteiger partial charge in [-0.3, -0.25) is 0 Å². The SMILES string of the molecule is CC(C)CCN(CCC(C)C)c1ccc(F)cc1CCl. The molecule has 0 radical (unpaired) electrons. The minimum absolute atomic E-state index is 0.211. The summed E-state index contributed by atoms with van der Waals surface area (Å²) in [7, 11) is 0. The predicted octanol–water partition coefficient (Wildman–Crippen LogP) is 5.46. The molecule has 1 aromatic carbocycles. The molecule has 0 saturated carbocycles. The van der Waals surface area contributed by atoms with Gasteiger partial charge in [-0.05, 0) is 48.4 Å². The molecule has 0 bridgehead atoms. The molecule has 114 valence electrons. The minimum atomic E-state index is -0.211. The number of benzene rings is 1. The molecule has 0 saturated heterocycles. The molecule has 0 heterocycles. The van der Waals surface area contributed by atoms with Crippen molar-refractivity contribution >= 4 is 17.3 Å². The lowest BCUT2D eigenvalue weighted by Gasteiger charge is -2.28. The quantitative estimate of drug-likeness (QED) is 0.576. The summed E-state index contributed by atoms with van der Waals surface area (Å²) in [6.07, 6.45) is 2.27. The van der Waals surface area contributed by atoms with Crippen molar-refractivity contribution in [3.05, 3.63) is 29.6 Å². The number of nitrogens with zero attached hydrogens (tertiary/aromatic N) is 1. The van der Waals surface area contributed by atoms with Crippen LogP contribution < -0.4 is 4.90 Å². The Kier molecular flexibility index (Phi) is 7.36. The summed E-state index contributed by atoms with van der Waals surface area (Å²) in [6.45, 7) is 10.9. The van der Waals surface area contributed by atoms with Crippen LogP contribution in [-0.2, 0) is 5.88 Å². The molecule has 1 rings (SSSR count).